The zero-order chi connectivity index (χ0) is 13.3. The van der Waals surface area contributed by atoms with Crippen molar-refractivity contribution in [3.05, 3.63) is 27.9 Å². The van der Waals surface area contributed by atoms with Gasteiger partial charge in [-0.05, 0) is 13.0 Å². The fourth-order valence-electron chi connectivity index (χ4n) is 1.84. The minimum atomic E-state index is -2.93. The molecule has 0 spiro atoms. The predicted molar refractivity (Wildman–Crippen MR) is 66.5 cm³/mol. The maximum atomic E-state index is 11.3. The van der Waals surface area contributed by atoms with Gasteiger partial charge in [-0.15, -0.1) is 0 Å². The quantitative estimate of drug-likeness (QED) is 0.575. The Hall–Kier alpha value is -1.70. The molecule has 0 amide bonds. The average molecular weight is 271 g/mol. The molecule has 1 aromatic rings. The van der Waals surface area contributed by atoms with Crippen molar-refractivity contribution in [1.29, 1.82) is 0 Å². The summed E-state index contributed by atoms with van der Waals surface area (Å²) in [4.78, 5) is 16.0. The summed E-state index contributed by atoms with van der Waals surface area (Å²) in [5.74, 6) is 0.795. The molecule has 1 aliphatic heterocycles. The molecule has 0 aromatic carbocycles. The number of hydrogen-bond donors (Lipinski definition) is 0. The third kappa shape index (κ3) is 2.58. The molecular formula is C10H13N3O4S. The van der Waals surface area contributed by atoms with Crippen LogP contribution in [0.1, 0.15) is 5.56 Å². The molecule has 0 atom stereocenters. The normalized spacial score (nSPS) is 18.6. The van der Waals surface area contributed by atoms with Gasteiger partial charge in [-0.25, -0.2) is 13.4 Å². The highest BCUT2D eigenvalue weighted by Crippen LogP contribution is 2.22. The van der Waals surface area contributed by atoms with Crippen LogP contribution in [-0.4, -0.2) is 42.9 Å². The van der Waals surface area contributed by atoms with Gasteiger partial charge in [0.2, 0.25) is 0 Å². The minimum Gasteiger partial charge on any atom is -0.355 e. The lowest BCUT2D eigenvalue weighted by Gasteiger charge is -2.27. The Morgan fingerprint density at radius 3 is 2.50 bits per heavy atom. The SMILES string of the molecule is Cc1cc(N2CCS(=O)(=O)CC2)ncc1[N+](=O)[O-]. The molecular weight excluding hydrogens is 258 g/mol. The predicted octanol–water partition coefficient (Wildman–Crippen LogP) is 0.533. The van der Waals surface area contributed by atoms with Gasteiger partial charge in [0.1, 0.15) is 12.0 Å². The fraction of sp³-hybridized carbons (Fsp3) is 0.500. The second kappa shape index (κ2) is 4.52. The molecule has 8 heteroatoms. The van der Waals surface area contributed by atoms with E-state index in [1.54, 1.807) is 13.0 Å². The molecule has 7 nitrogen and oxygen atoms in total. The Bertz CT molecular complexity index is 571. The van der Waals surface area contributed by atoms with Gasteiger partial charge in [0.05, 0.1) is 16.4 Å². The highest BCUT2D eigenvalue weighted by atomic mass is 32.2. The van der Waals surface area contributed by atoms with Gasteiger partial charge < -0.3 is 4.90 Å². The van der Waals surface area contributed by atoms with Crippen LogP contribution in [0.3, 0.4) is 0 Å². The van der Waals surface area contributed by atoms with Crippen molar-refractivity contribution < 1.29 is 13.3 Å². The van der Waals surface area contributed by atoms with E-state index in [-0.39, 0.29) is 17.2 Å². The molecule has 0 saturated carbocycles. The number of nitrogens with zero attached hydrogens (tertiary/aromatic N) is 3. The van der Waals surface area contributed by atoms with Crippen LogP contribution in [-0.2, 0) is 9.84 Å². The first-order chi connectivity index (χ1) is 8.39. The van der Waals surface area contributed by atoms with Crippen LogP contribution in [0, 0.1) is 17.0 Å². The number of anilines is 1. The fourth-order valence-corrected chi connectivity index (χ4v) is 3.04. The van der Waals surface area contributed by atoms with Crippen LogP contribution in [0.15, 0.2) is 12.3 Å². The summed E-state index contributed by atoms with van der Waals surface area (Å²) in [6.07, 6.45) is 1.22. The van der Waals surface area contributed by atoms with Gasteiger partial charge in [-0.3, -0.25) is 10.1 Å². The van der Waals surface area contributed by atoms with E-state index in [2.05, 4.69) is 4.98 Å². The molecule has 0 radical (unpaired) electrons. The molecule has 0 aliphatic carbocycles. The van der Waals surface area contributed by atoms with E-state index in [0.717, 1.165) is 0 Å². The maximum Gasteiger partial charge on any atom is 0.290 e. The first-order valence-corrected chi connectivity index (χ1v) is 7.27. The van der Waals surface area contributed by atoms with E-state index < -0.39 is 14.8 Å². The summed E-state index contributed by atoms with van der Waals surface area (Å²) in [6.45, 7) is 2.41. The van der Waals surface area contributed by atoms with Gasteiger partial charge in [-0.1, -0.05) is 0 Å². The summed E-state index contributed by atoms with van der Waals surface area (Å²) in [6, 6.07) is 1.62. The Morgan fingerprint density at radius 1 is 1.39 bits per heavy atom. The van der Waals surface area contributed by atoms with Crippen LogP contribution in [0.2, 0.25) is 0 Å². The van der Waals surface area contributed by atoms with Crippen LogP contribution in [0.4, 0.5) is 11.5 Å². The van der Waals surface area contributed by atoms with Crippen molar-refractivity contribution in [3.63, 3.8) is 0 Å². The molecule has 0 unspecified atom stereocenters. The van der Waals surface area contributed by atoms with Crippen molar-refractivity contribution in [2.24, 2.45) is 0 Å². The van der Waals surface area contributed by atoms with Crippen LogP contribution in [0.25, 0.3) is 0 Å². The third-order valence-electron chi connectivity index (χ3n) is 2.93. The van der Waals surface area contributed by atoms with E-state index in [0.29, 0.717) is 24.5 Å². The molecule has 2 heterocycles. The number of sulfone groups is 1. The Labute approximate surface area is 105 Å². The number of nitro groups is 1. The van der Waals surface area contributed by atoms with Gasteiger partial charge in [0.25, 0.3) is 5.69 Å². The summed E-state index contributed by atoms with van der Waals surface area (Å²) < 4.78 is 22.6. The summed E-state index contributed by atoms with van der Waals surface area (Å²) >= 11 is 0. The summed E-state index contributed by atoms with van der Waals surface area (Å²) in [5.41, 5.74) is 0.502. The summed E-state index contributed by atoms with van der Waals surface area (Å²) in [5, 5.41) is 10.7. The molecule has 1 aromatic heterocycles. The lowest BCUT2D eigenvalue weighted by Crippen LogP contribution is -2.40. The molecule has 1 fully saturated rings. The van der Waals surface area contributed by atoms with Crippen molar-refractivity contribution in [1.82, 2.24) is 4.98 Å². The van der Waals surface area contributed by atoms with Gasteiger partial charge in [0.15, 0.2) is 9.84 Å². The van der Waals surface area contributed by atoms with E-state index in [4.69, 9.17) is 0 Å². The van der Waals surface area contributed by atoms with Crippen LogP contribution < -0.4 is 4.90 Å². The number of rotatable bonds is 2. The van der Waals surface area contributed by atoms with Crippen molar-refractivity contribution in [2.75, 3.05) is 29.5 Å². The maximum absolute atomic E-state index is 11.3. The lowest BCUT2D eigenvalue weighted by molar-refractivity contribution is -0.385. The van der Waals surface area contributed by atoms with Crippen LogP contribution >= 0.6 is 0 Å². The zero-order valence-corrected chi connectivity index (χ0v) is 10.7. The van der Waals surface area contributed by atoms with Crippen molar-refractivity contribution >= 4 is 21.3 Å². The highest BCUT2D eigenvalue weighted by Gasteiger charge is 2.23. The van der Waals surface area contributed by atoms with Gasteiger partial charge >= 0.3 is 0 Å². The van der Waals surface area contributed by atoms with Gasteiger partial charge in [-0.2, -0.15) is 0 Å². The van der Waals surface area contributed by atoms with E-state index in [1.807, 2.05) is 4.90 Å². The Morgan fingerprint density at radius 2 is 2.00 bits per heavy atom. The number of pyridine rings is 1. The van der Waals surface area contributed by atoms with E-state index in [1.165, 1.54) is 6.20 Å². The topological polar surface area (TPSA) is 93.4 Å². The molecule has 0 N–H and O–H groups in total. The molecule has 18 heavy (non-hydrogen) atoms. The number of aryl methyl sites for hydroxylation is 1. The lowest BCUT2D eigenvalue weighted by atomic mass is 10.2. The third-order valence-corrected chi connectivity index (χ3v) is 4.54. The van der Waals surface area contributed by atoms with Crippen molar-refractivity contribution in [2.45, 2.75) is 6.92 Å². The van der Waals surface area contributed by atoms with Crippen molar-refractivity contribution in [3.8, 4) is 0 Å². The highest BCUT2D eigenvalue weighted by molar-refractivity contribution is 7.91. The molecule has 1 aliphatic rings. The standard InChI is InChI=1S/C10H13N3O4S/c1-8-6-10(11-7-9(8)13(14)15)12-2-4-18(16,17)5-3-12/h6-7H,2-5H2,1H3. The monoisotopic (exact) mass is 271 g/mol. The van der Waals surface area contributed by atoms with E-state index in [9.17, 15) is 18.5 Å². The van der Waals surface area contributed by atoms with Gasteiger partial charge in [0, 0.05) is 18.7 Å². The molecule has 0 bridgehead atoms. The first-order valence-electron chi connectivity index (χ1n) is 5.45. The second-order valence-corrected chi connectivity index (χ2v) is 6.53. The average Bonchev–Trinajstić information content (AvgIpc) is 2.28. The number of aromatic nitrogens is 1. The second-order valence-electron chi connectivity index (χ2n) is 4.22. The van der Waals surface area contributed by atoms with E-state index >= 15 is 0 Å². The Kier molecular flexibility index (Phi) is 3.20. The molecule has 98 valence electrons. The minimum absolute atomic E-state index is 0.0246. The molecule has 1 saturated heterocycles. The number of hydrogen-bond acceptors (Lipinski definition) is 6. The molecule has 2 rings (SSSR count). The largest absolute Gasteiger partial charge is 0.355 e. The first kappa shape index (κ1) is 12.7. The van der Waals surface area contributed by atoms with Crippen LogP contribution in [0.5, 0.6) is 0 Å². The Balaban J connectivity index is 2.21. The summed E-state index contributed by atoms with van der Waals surface area (Å²) in [7, 11) is -2.93. The smallest absolute Gasteiger partial charge is 0.290 e. The zero-order valence-electron chi connectivity index (χ0n) is 9.87.